The van der Waals surface area contributed by atoms with Gasteiger partial charge in [-0.15, -0.1) is 0 Å². The molecule has 3 atom stereocenters. The van der Waals surface area contributed by atoms with Crippen LogP contribution in [0.25, 0.3) is 0 Å². The number of rotatable bonds is 3. The lowest BCUT2D eigenvalue weighted by Crippen LogP contribution is -2.29. The zero-order valence-electron chi connectivity index (χ0n) is 11.0. The van der Waals surface area contributed by atoms with Gasteiger partial charge in [0, 0.05) is 0 Å². The molecule has 0 spiro atoms. The van der Waals surface area contributed by atoms with Crippen LogP contribution in [0.5, 0.6) is 11.9 Å². The monoisotopic (exact) mass is 314 g/mol. The van der Waals surface area contributed by atoms with Crippen molar-refractivity contribution < 1.29 is 9.47 Å². The van der Waals surface area contributed by atoms with Crippen LogP contribution in [0, 0.1) is 11.8 Å². The lowest BCUT2D eigenvalue weighted by Gasteiger charge is -2.31. The lowest BCUT2D eigenvalue weighted by atomic mass is 9.80. The van der Waals surface area contributed by atoms with Crippen molar-refractivity contribution in [1.82, 2.24) is 9.97 Å². The largest absolute Gasteiger partial charge is 0.480 e. The van der Waals surface area contributed by atoms with Gasteiger partial charge in [0.05, 0.1) is 17.8 Å². The third kappa shape index (κ3) is 3.13. The van der Waals surface area contributed by atoms with Gasteiger partial charge < -0.3 is 9.47 Å². The summed E-state index contributed by atoms with van der Waals surface area (Å²) in [6, 6.07) is 0.404. The van der Waals surface area contributed by atoms with Crippen LogP contribution in [0.1, 0.15) is 33.1 Å². The van der Waals surface area contributed by atoms with Crippen LogP contribution in [-0.4, -0.2) is 23.2 Å². The molecule has 0 bridgehead atoms. The standard InChI is InChI=1S/C13H19BrN2O2/c1-8-4-5-10(6-9(8)2)18-13-15-7-11(14)12(16-13)17-3/h7-10H,4-6H2,1-3H3. The van der Waals surface area contributed by atoms with Gasteiger partial charge in [-0.25, -0.2) is 4.98 Å². The Kier molecular flexibility index (Phi) is 4.43. The van der Waals surface area contributed by atoms with Crippen molar-refractivity contribution in [3.8, 4) is 11.9 Å². The predicted molar refractivity (Wildman–Crippen MR) is 72.9 cm³/mol. The van der Waals surface area contributed by atoms with Gasteiger partial charge in [0.15, 0.2) is 0 Å². The first kappa shape index (κ1) is 13.6. The van der Waals surface area contributed by atoms with Crippen LogP contribution in [0.2, 0.25) is 0 Å². The summed E-state index contributed by atoms with van der Waals surface area (Å²) in [7, 11) is 1.58. The molecule has 4 nitrogen and oxygen atoms in total. The SMILES string of the molecule is COc1nc(OC2CCC(C)C(C)C2)ncc1Br. The summed E-state index contributed by atoms with van der Waals surface area (Å²) >= 11 is 3.33. The molecule has 1 fully saturated rings. The number of halogens is 1. The highest BCUT2D eigenvalue weighted by Gasteiger charge is 2.26. The molecule has 1 heterocycles. The van der Waals surface area contributed by atoms with E-state index in [0.717, 1.165) is 23.2 Å². The number of aromatic nitrogens is 2. The first-order valence-corrected chi connectivity index (χ1v) is 7.12. The molecule has 0 N–H and O–H groups in total. The van der Waals surface area contributed by atoms with Crippen molar-refractivity contribution in [2.24, 2.45) is 11.8 Å². The highest BCUT2D eigenvalue weighted by atomic mass is 79.9. The zero-order valence-corrected chi connectivity index (χ0v) is 12.6. The van der Waals surface area contributed by atoms with Gasteiger partial charge in [-0.1, -0.05) is 13.8 Å². The van der Waals surface area contributed by atoms with Crippen LogP contribution in [0.15, 0.2) is 10.7 Å². The van der Waals surface area contributed by atoms with Gasteiger partial charge in [0.1, 0.15) is 6.10 Å². The molecule has 1 aromatic heterocycles. The molecule has 2 rings (SSSR count). The Balaban J connectivity index is 2.01. The van der Waals surface area contributed by atoms with Gasteiger partial charge >= 0.3 is 6.01 Å². The zero-order chi connectivity index (χ0) is 13.1. The van der Waals surface area contributed by atoms with E-state index in [1.165, 1.54) is 6.42 Å². The molecule has 0 aromatic carbocycles. The van der Waals surface area contributed by atoms with E-state index in [0.29, 0.717) is 17.8 Å². The Bertz CT molecular complexity index is 414. The molecule has 100 valence electrons. The Hall–Kier alpha value is -0.840. The lowest BCUT2D eigenvalue weighted by molar-refractivity contribution is 0.0911. The maximum Gasteiger partial charge on any atom is 0.320 e. The van der Waals surface area contributed by atoms with E-state index in [-0.39, 0.29) is 6.10 Å². The van der Waals surface area contributed by atoms with Gasteiger partial charge in [0.25, 0.3) is 0 Å². The first-order valence-electron chi connectivity index (χ1n) is 6.33. The smallest absolute Gasteiger partial charge is 0.320 e. The van der Waals surface area contributed by atoms with Crippen LogP contribution >= 0.6 is 15.9 Å². The minimum atomic E-state index is 0.224. The van der Waals surface area contributed by atoms with Crippen molar-refractivity contribution >= 4 is 15.9 Å². The number of nitrogens with zero attached hydrogens (tertiary/aromatic N) is 2. The van der Waals surface area contributed by atoms with Crippen molar-refractivity contribution in [3.05, 3.63) is 10.7 Å². The molecular formula is C13H19BrN2O2. The Morgan fingerprint density at radius 3 is 2.72 bits per heavy atom. The van der Waals surface area contributed by atoms with E-state index in [1.54, 1.807) is 13.3 Å². The molecule has 1 aliphatic rings. The fraction of sp³-hybridized carbons (Fsp3) is 0.692. The summed E-state index contributed by atoms with van der Waals surface area (Å²) in [4.78, 5) is 8.39. The highest BCUT2D eigenvalue weighted by molar-refractivity contribution is 9.10. The summed E-state index contributed by atoms with van der Waals surface area (Å²) < 4.78 is 11.7. The molecule has 0 saturated heterocycles. The number of hydrogen-bond acceptors (Lipinski definition) is 4. The topological polar surface area (TPSA) is 44.2 Å². The van der Waals surface area contributed by atoms with Gasteiger partial charge in [-0.05, 0) is 47.0 Å². The highest BCUT2D eigenvalue weighted by Crippen LogP contribution is 2.31. The van der Waals surface area contributed by atoms with Crippen LogP contribution < -0.4 is 9.47 Å². The fourth-order valence-corrected chi connectivity index (χ4v) is 2.64. The van der Waals surface area contributed by atoms with Gasteiger partial charge in [-0.3, -0.25) is 0 Å². The predicted octanol–water partition coefficient (Wildman–Crippen LogP) is 3.45. The minimum Gasteiger partial charge on any atom is -0.480 e. The quantitative estimate of drug-likeness (QED) is 0.857. The van der Waals surface area contributed by atoms with Crippen molar-refractivity contribution in [2.75, 3.05) is 7.11 Å². The third-order valence-electron chi connectivity index (χ3n) is 3.71. The average molecular weight is 315 g/mol. The van der Waals surface area contributed by atoms with E-state index >= 15 is 0 Å². The first-order chi connectivity index (χ1) is 8.60. The van der Waals surface area contributed by atoms with Gasteiger partial charge in [0.2, 0.25) is 5.88 Å². The fourth-order valence-electron chi connectivity index (χ4n) is 2.29. The summed E-state index contributed by atoms with van der Waals surface area (Å²) in [5.74, 6) is 1.99. The second kappa shape index (κ2) is 5.87. The second-order valence-corrected chi connectivity index (χ2v) is 5.87. The molecule has 3 unspecified atom stereocenters. The molecule has 18 heavy (non-hydrogen) atoms. The van der Waals surface area contributed by atoms with Crippen molar-refractivity contribution in [2.45, 2.75) is 39.2 Å². The molecule has 0 aliphatic heterocycles. The molecule has 0 radical (unpaired) electrons. The normalized spacial score (nSPS) is 27.9. The number of hydrogen-bond donors (Lipinski definition) is 0. The van der Waals surface area contributed by atoms with Gasteiger partial charge in [-0.2, -0.15) is 4.98 Å². The van der Waals surface area contributed by atoms with Crippen molar-refractivity contribution in [3.63, 3.8) is 0 Å². The minimum absolute atomic E-state index is 0.224. The third-order valence-corrected chi connectivity index (χ3v) is 4.25. The van der Waals surface area contributed by atoms with E-state index in [1.807, 2.05) is 0 Å². The molecule has 1 saturated carbocycles. The van der Waals surface area contributed by atoms with Crippen LogP contribution in [-0.2, 0) is 0 Å². The van der Waals surface area contributed by atoms with E-state index < -0.39 is 0 Å². The summed E-state index contributed by atoms with van der Waals surface area (Å²) in [6.07, 6.45) is 5.24. The maximum atomic E-state index is 5.85. The molecule has 1 aromatic rings. The average Bonchev–Trinajstić information content (AvgIpc) is 2.36. The Morgan fingerprint density at radius 2 is 2.06 bits per heavy atom. The Labute approximate surface area is 116 Å². The summed E-state index contributed by atoms with van der Waals surface area (Å²) in [5.41, 5.74) is 0. The number of methoxy groups -OCH3 is 1. The Morgan fingerprint density at radius 1 is 1.28 bits per heavy atom. The molecule has 1 aliphatic carbocycles. The van der Waals surface area contributed by atoms with E-state index in [9.17, 15) is 0 Å². The molecule has 5 heteroatoms. The summed E-state index contributed by atoms with van der Waals surface area (Å²) in [5, 5.41) is 0. The second-order valence-electron chi connectivity index (χ2n) is 5.02. The van der Waals surface area contributed by atoms with Crippen molar-refractivity contribution in [1.29, 1.82) is 0 Å². The number of ether oxygens (including phenoxy) is 2. The van der Waals surface area contributed by atoms with E-state index in [2.05, 4.69) is 39.7 Å². The van der Waals surface area contributed by atoms with E-state index in [4.69, 9.17) is 9.47 Å². The van der Waals surface area contributed by atoms with Crippen LogP contribution in [0.4, 0.5) is 0 Å². The van der Waals surface area contributed by atoms with Crippen LogP contribution in [0.3, 0.4) is 0 Å². The maximum absolute atomic E-state index is 5.85. The summed E-state index contributed by atoms with van der Waals surface area (Å²) in [6.45, 7) is 4.59. The molecular weight excluding hydrogens is 296 g/mol. The molecule has 0 amide bonds.